The monoisotopic (exact) mass is 342 g/mol. The zero-order valence-electron chi connectivity index (χ0n) is 14.5. The van der Waals surface area contributed by atoms with Gasteiger partial charge in [0.2, 0.25) is 11.8 Å². The largest absolute Gasteiger partial charge is 0.383 e. The van der Waals surface area contributed by atoms with Crippen LogP contribution in [0.5, 0.6) is 0 Å². The smallest absolute Gasteiger partial charge is 0.224 e. The summed E-state index contributed by atoms with van der Waals surface area (Å²) in [6.45, 7) is 5.59. The third-order valence-electron chi connectivity index (χ3n) is 4.28. The van der Waals surface area contributed by atoms with Crippen molar-refractivity contribution in [3.63, 3.8) is 0 Å². The molecule has 2 rings (SSSR count). The van der Waals surface area contributed by atoms with E-state index in [2.05, 4.69) is 11.4 Å². The lowest BCUT2D eigenvalue weighted by molar-refractivity contribution is -0.138. The number of amides is 2. The Morgan fingerprint density at radius 1 is 1.12 bits per heavy atom. The first kappa shape index (κ1) is 18.5. The van der Waals surface area contributed by atoms with Crippen LogP contribution >= 0.6 is 0 Å². The number of anilines is 1. The molecule has 1 fully saturated rings. The standard InChI is InChI=1S/C18H22N4O3/c1-13(23)15-3-4-16(12-19)17(11-15)20-6-5-18(25)22-9-7-21(8-10-22)14(2)24/h3-4,11,20H,5-10H2,1-2H3. The van der Waals surface area contributed by atoms with E-state index >= 15 is 0 Å². The highest BCUT2D eigenvalue weighted by atomic mass is 16.2. The lowest BCUT2D eigenvalue weighted by Crippen LogP contribution is -2.50. The summed E-state index contributed by atoms with van der Waals surface area (Å²) < 4.78 is 0. The molecule has 1 aliphatic rings. The van der Waals surface area contributed by atoms with Gasteiger partial charge in [0.25, 0.3) is 0 Å². The average molecular weight is 342 g/mol. The van der Waals surface area contributed by atoms with Crippen molar-refractivity contribution in [1.82, 2.24) is 9.80 Å². The van der Waals surface area contributed by atoms with Gasteiger partial charge in [-0.05, 0) is 25.1 Å². The van der Waals surface area contributed by atoms with Gasteiger partial charge in [-0.1, -0.05) is 0 Å². The second kappa shape index (κ2) is 8.29. The zero-order valence-corrected chi connectivity index (χ0v) is 14.5. The highest BCUT2D eigenvalue weighted by Gasteiger charge is 2.21. The van der Waals surface area contributed by atoms with E-state index in [0.717, 1.165) is 0 Å². The molecule has 0 aliphatic carbocycles. The molecule has 7 heteroatoms. The molecule has 0 aromatic heterocycles. The summed E-state index contributed by atoms with van der Waals surface area (Å²) in [7, 11) is 0. The maximum atomic E-state index is 12.3. The first-order valence-electron chi connectivity index (χ1n) is 8.24. The first-order valence-corrected chi connectivity index (χ1v) is 8.24. The predicted octanol–water partition coefficient (Wildman–Crippen LogP) is 1.25. The summed E-state index contributed by atoms with van der Waals surface area (Å²) in [5, 5.41) is 12.2. The van der Waals surface area contributed by atoms with Crippen LogP contribution in [-0.2, 0) is 9.59 Å². The van der Waals surface area contributed by atoms with Crippen LogP contribution in [0.2, 0.25) is 0 Å². The number of carbonyl (C=O) groups is 3. The van der Waals surface area contributed by atoms with Crippen molar-refractivity contribution >= 4 is 23.3 Å². The van der Waals surface area contributed by atoms with Gasteiger partial charge < -0.3 is 15.1 Å². The number of nitrogens with zero attached hydrogens (tertiary/aromatic N) is 3. The Labute approximate surface area is 147 Å². The number of rotatable bonds is 5. The van der Waals surface area contributed by atoms with Gasteiger partial charge in [-0.15, -0.1) is 0 Å². The van der Waals surface area contributed by atoms with Crippen LogP contribution in [0.3, 0.4) is 0 Å². The fourth-order valence-electron chi connectivity index (χ4n) is 2.74. The fraction of sp³-hybridized carbons (Fsp3) is 0.444. The molecule has 0 spiro atoms. The van der Waals surface area contributed by atoms with E-state index in [0.29, 0.717) is 49.5 Å². The third kappa shape index (κ3) is 4.80. The second-order valence-electron chi connectivity index (χ2n) is 5.99. The molecule has 0 unspecified atom stereocenters. The van der Waals surface area contributed by atoms with Gasteiger partial charge in [0.1, 0.15) is 6.07 Å². The van der Waals surface area contributed by atoms with E-state index in [1.165, 1.54) is 13.8 Å². The topological polar surface area (TPSA) is 93.5 Å². The van der Waals surface area contributed by atoms with Crippen LogP contribution < -0.4 is 5.32 Å². The van der Waals surface area contributed by atoms with Crippen LogP contribution in [0.25, 0.3) is 0 Å². The van der Waals surface area contributed by atoms with E-state index in [-0.39, 0.29) is 24.0 Å². The van der Waals surface area contributed by atoms with E-state index in [4.69, 9.17) is 5.26 Å². The number of nitriles is 1. The van der Waals surface area contributed by atoms with Crippen molar-refractivity contribution in [2.24, 2.45) is 0 Å². The van der Waals surface area contributed by atoms with E-state index < -0.39 is 0 Å². The molecule has 1 saturated heterocycles. The molecule has 0 saturated carbocycles. The highest BCUT2D eigenvalue weighted by molar-refractivity contribution is 5.95. The Morgan fingerprint density at radius 3 is 2.32 bits per heavy atom. The average Bonchev–Trinajstić information content (AvgIpc) is 2.61. The van der Waals surface area contributed by atoms with Crippen molar-refractivity contribution < 1.29 is 14.4 Å². The fourth-order valence-corrected chi connectivity index (χ4v) is 2.74. The second-order valence-corrected chi connectivity index (χ2v) is 5.99. The normalized spacial score (nSPS) is 14.0. The lowest BCUT2D eigenvalue weighted by Gasteiger charge is -2.34. The van der Waals surface area contributed by atoms with Gasteiger partial charge in [-0.2, -0.15) is 5.26 Å². The number of hydrogen-bond acceptors (Lipinski definition) is 5. The molecule has 1 aromatic carbocycles. The Bertz CT molecular complexity index is 716. The van der Waals surface area contributed by atoms with E-state index in [9.17, 15) is 14.4 Å². The summed E-state index contributed by atoms with van der Waals surface area (Å²) in [5.41, 5.74) is 1.52. The Hall–Kier alpha value is -2.88. The molecule has 0 radical (unpaired) electrons. The van der Waals surface area contributed by atoms with Gasteiger partial charge in [0.15, 0.2) is 5.78 Å². The number of Topliss-reactive ketones (excluding diaryl/α,β-unsaturated/α-hetero) is 1. The van der Waals surface area contributed by atoms with Crippen LogP contribution in [0.15, 0.2) is 18.2 Å². The number of ketones is 1. The van der Waals surface area contributed by atoms with Crippen LogP contribution in [0.4, 0.5) is 5.69 Å². The van der Waals surface area contributed by atoms with Crippen LogP contribution in [-0.4, -0.2) is 60.1 Å². The van der Waals surface area contributed by atoms with Crippen molar-refractivity contribution in [2.45, 2.75) is 20.3 Å². The highest BCUT2D eigenvalue weighted by Crippen LogP contribution is 2.17. The van der Waals surface area contributed by atoms with Gasteiger partial charge in [0.05, 0.1) is 11.3 Å². The Balaban J connectivity index is 1.87. The molecule has 2 amide bonds. The molecule has 1 aliphatic heterocycles. The predicted molar refractivity (Wildman–Crippen MR) is 93.1 cm³/mol. The van der Waals surface area contributed by atoms with Crippen LogP contribution in [0, 0.1) is 11.3 Å². The number of nitrogens with one attached hydrogen (secondary N) is 1. The summed E-state index contributed by atoms with van der Waals surface area (Å²) >= 11 is 0. The summed E-state index contributed by atoms with van der Waals surface area (Å²) in [6.07, 6.45) is 0.287. The van der Waals surface area contributed by atoms with Crippen LogP contribution in [0.1, 0.15) is 36.2 Å². The molecule has 1 heterocycles. The van der Waals surface area contributed by atoms with Gasteiger partial charge >= 0.3 is 0 Å². The lowest BCUT2D eigenvalue weighted by atomic mass is 10.1. The Morgan fingerprint density at radius 2 is 1.76 bits per heavy atom. The van der Waals surface area contributed by atoms with E-state index in [1.54, 1.807) is 28.0 Å². The molecular formula is C18H22N4O3. The first-order chi connectivity index (χ1) is 11.9. The molecule has 132 valence electrons. The molecule has 0 atom stereocenters. The Kier molecular flexibility index (Phi) is 6.12. The number of benzene rings is 1. The van der Waals surface area contributed by atoms with Gasteiger partial charge in [-0.25, -0.2) is 0 Å². The molecule has 0 bridgehead atoms. The SMILES string of the molecule is CC(=O)c1ccc(C#N)c(NCCC(=O)N2CCN(C(C)=O)CC2)c1. The summed E-state index contributed by atoms with van der Waals surface area (Å²) in [4.78, 5) is 38.5. The quantitative estimate of drug-likeness (QED) is 0.813. The van der Waals surface area contributed by atoms with Gasteiger partial charge in [0, 0.05) is 51.6 Å². The molecule has 1 aromatic rings. The van der Waals surface area contributed by atoms with E-state index in [1.807, 2.05) is 0 Å². The minimum absolute atomic E-state index is 0.0110. The summed E-state index contributed by atoms with van der Waals surface area (Å²) in [5.74, 6) is -0.0351. The molecule has 25 heavy (non-hydrogen) atoms. The van der Waals surface area contributed by atoms with Crippen molar-refractivity contribution in [3.8, 4) is 6.07 Å². The van der Waals surface area contributed by atoms with Crippen molar-refractivity contribution in [3.05, 3.63) is 29.3 Å². The molecular weight excluding hydrogens is 320 g/mol. The van der Waals surface area contributed by atoms with Gasteiger partial charge in [-0.3, -0.25) is 14.4 Å². The number of carbonyl (C=O) groups excluding carboxylic acids is 3. The number of hydrogen-bond donors (Lipinski definition) is 1. The third-order valence-corrected chi connectivity index (χ3v) is 4.28. The minimum atomic E-state index is -0.0769. The van der Waals surface area contributed by atoms with Crippen molar-refractivity contribution in [2.75, 3.05) is 38.0 Å². The maximum Gasteiger partial charge on any atom is 0.224 e. The minimum Gasteiger partial charge on any atom is -0.383 e. The molecule has 7 nitrogen and oxygen atoms in total. The molecule has 1 N–H and O–H groups in total. The van der Waals surface area contributed by atoms with Crippen molar-refractivity contribution in [1.29, 1.82) is 5.26 Å². The zero-order chi connectivity index (χ0) is 18.4. The number of piperazine rings is 1. The summed E-state index contributed by atoms with van der Waals surface area (Å²) in [6, 6.07) is 6.92. The maximum absolute atomic E-state index is 12.3.